The third kappa shape index (κ3) is 1.53. The first-order valence-corrected chi connectivity index (χ1v) is 3.24. The van der Waals surface area contributed by atoms with Crippen molar-refractivity contribution in [3.63, 3.8) is 0 Å². The Hall–Kier alpha value is -0.343. The van der Waals surface area contributed by atoms with Crippen molar-refractivity contribution in [2.24, 2.45) is 0 Å². The third-order valence-electron chi connectivity index (χ3n) is 0.928. The maximum Gasteiger partial charge on any atom is 0.121 e. The molecule has 3 radical (unpaired) electrons. The van der Waals surface area contributed by atoms with Gasteiger partial charge in [-0.2, -0.15) is 0 Å². The lowest BCUT2D eigenvalue weighted by molar-refractivity contribution is 0.636. The van der Waals surface area contributed by atoms with Crippen molar-refractivity contribution in [2.45, 2.75) is 0 Å². The minimum absolute atomic E-state index is 0.295. The standard InChI is InChI=1S/C6H3ClFSi/c7-4-1-2-5(8)6(9)3-4/h1-3H. The molecule has 45 valence electrons. The fraction of sp³-hybridized carbons (Fsp3) is 0. The van der Waals surface area contributed by atoms with E-state index in [2.05, 4.69) is 10.2 Å². The summed E-state index contributed by atoms with van der Waals surface area (Å²) < 4.78 is 12.4. The average Bonchev–Trinajstić information content (AvgIpc) is 1.80. The third-order valence-corrected chi connectivity index (χ3v) is 1.55. The van der Waals surface area contributed by atoms with Crippen LogP contribution in [0.4, 0.5) is 4.39 Å². The van der Waals surface area contributed by atoms with Gasteiger partial charge in [0.15, 0.2) is 0 Å². The Morgan fingerprint density at radius 3 is 2.56 bits per heavy atom. The van der Waals surface area contributed by atoms with E-state index in [4.69, 9.17) is 11.6 Å². The molecule has 0 nitrogen and oxygen atoms in total. The van der Waals surface area contributed by atoms with Crippen LogP contribution in [-0.2, 0) is 0 Å². The zero-order chi connectivity index (χ0) is 6.85. The quantitative estimate of drug-likeness (QED) is 0.498. The molecule has 0 saturated heterocycles. The van der Waals surface area contributed by atoms with Gasteiger partial charge in [-0.3, -0.25) is 0 Å². The minimum Gasteiger partial charge on any atom is -0.207 e. The Morgan fingerprint density at radius 1 is 1.44 bits per heavy atom. The second kappa shape index (κ2) is 2.50. The highest BCUT2D eigenvalue weighted by Crippen LogP contribution is 2.05. The van der Waals surface area contributed by atoms with Crippen molar-refractivity contribution in [3.8, 4) is 0 Å². The van der Waals surface area contributed by atoms with Gasteiger partial charge in [0.2, 0.25) is 0 Å². The van der Waals surface area contributed by atoms with Crippen molar-refractivity contribution >= 4 is 27.0 Å². The van der Waals surface area contributed by atoms with Crippen molar-refractivity contribution in [1.82, 2.24) is 0 Å². The van der Waals surface area contributed by atoms with E-state index < -0.39 is 0 Å². The lowest BCUT2D eigenvalue weighted by Gasteiger charge is -1.93. The van der Waals surface area contributed by atoms with Gasteiger partial charge in [-0.1, -0.05) is 11.6 Å². The average molecular weight is 158 g/mol. The lowest BCUT2D eigenvalue weighted by atomic mass is 10.3. The summed E-state index contributed by atoms with van der Waals surface area (Å²) in [5, 5.41) is 0.920. The molecule has 1 rings (SSSR count). The highest BCUT2D eigenvalue weighted by molar-refractivity contribution is 6.36. The van der Waals surface area contributed by atoms with Crippen molar-refractivity contribution in [1.29, 1.82) is 0 Å². The highest BCUT2D eigenvalue weighted by Gasteiger charge is 1.94. The van der Waals surface area contributed by atoms with Crippen LogP contribution < -0.4 is 5.19 Å². The second-order valence-electron chi connectivity index (χ2n) is 1.62. The molecule has 3 heteroatoms. The molecule has 0 bridgehead atoms. The Balaban J connectivity index is 3.17. The van der Waals surface area contributed by atoms with Gasteiger partial charge in [0.1, 0.15) is 5.82 Å². The second-order valence-corrected chi connectivity index (χ2v) is 2.60. The van der Waals surface area contributed by atoms with Gasteiger partial charge in [-0.15, -0.1) is 0 Å². The Morgan fingerprint density at radius 2 is 2.11 bits per heavy atom. The molecule has 0 aromatic heterocycles. The number of halogens is 2. The highest BCUT2D eigenvalue weighted by atomic mass is 35.5. The van der Waals surface area contributed by atoms with Crippen LogP contribution in [0.5, 0.6) is 0 Å². The van der Waals surface area contributed by atoms with Gasteiger partial charge in [-0.25, -0.2) is 4.39 Å². The van der Waals surface area contributed by atoms with Gasteiger partial charge in [-0.05, 0) is 23.4 Å². The molecule has 0 amide bonds. The fourth-order valence-electron chi connectivity index (χ4n) is 0.497. The molecule has 0 aliphatic rings. The van der Waals surface area contributed by atoms with E-state index in [1.165, 1.54) is 18.2 Å². The molecular formula is C6H3ClFSi. The first-order valence-electron chi connectivity index (χ1n) is 2.37. The molecule has 0 heterocycles. The van der Waals surface area contributed by atoms with Crippen molar-refractivity contribution in [3.05, 3.63) is 29.0 Å². The van der Waals surface area contributed by atoms with Crippen LogP contribution in [0.3, 0.4) is 0 Å². The van der Waals surface area contributed by atoms with E-state index >= 15 is 0 Å². The first kappa shape index (κ1) is 6.77. The molecule has 1 aromatic rings. The van der Waals surface area contributed by atoms with Crippen LogP contribution in [0, 0.1) is 5.82 Å². The smallest absolute Gasteiger partial charge is 0.121 e. The van der Waals surface area contributed by atoms with E-state index in [-0.39, 0.29) is 5.82 Å². The Labute approximate surface area is 61.1 Å². The summed E-state index contributed by atoms with van der Waals surface area (Å²) in [7, 11) is 3.03. The molecule has 0 spiro atoms. The molecule has 0 N–H and O–H groups in total. The number of hydrogen-bond donors (Lipinski definition) is 0. The van der Waals surface area contributed by atoms with Crippen molar-refractivity contribution in [2.75, 3.05) is 0 Å². The van der Waals surface area contributed by atoms with E-state index in [0.717, 1.165) is 0 Å². The Bertz CT molecular complexity index is 224. The monoisotopic (exact) mass is 157 g/mol. The summed E-state index contributed by atoms with van der Waals surface area (Å²) in [6.07, 6.45) is 0. The molecule has 1 aromatic carbocycles. The largest absolute Gasteiger partial charge is 0.207 e. The van der Waals surface area contributed by atoms with Crippen LogP contribution >= 0.6 is 11.6 Å². The van der Waals surface area contributed by atoms with Crippen LogP contribution in [0.25, 0.3) is 0 Å². The zero-order valence-corrected chi connectivity index (χ0v) is 6.24. The fourth-order valence-corrected chi connectivity index (χ4v) is 1.000. The van der Waals surface area contributed by atoms with E-state index in [1.54, 1.807) is 0 Å². The van der Waals surface area contributed by atoms with Gasteiger partial charge < -0.3 is 0 Å². The van der Waals surface area contributed by atoms with E-state index in [0.29, 0.717) is 10.2 Å². The summed E-state index contributed by atoms with van der Waals surface area (Å²) in [5.41, 5.74) is 0. The molecule has 0 atom stereocenters. The molecular weight excluding hydrogens is 155 g/mol. The Kier molecular flexibility index (Phi) is 1.88. The summed E-state index contributed by atoms with van der Waals surface area (Å²) in [4.78, 5) is 0. The summed E-state index contributed by atoms with van der Waals surface area (Å²) in [5.74, 6) is -0.295. The number of hydrogen-bond acceptors (Lipinski definition) is 0. The maximum atomic E-state index is 12.4. The van der Waals surface area contributed by atoms with Crippen LogP contribution in [0.2, 0.25) is 5.02 Å². The van der Waals surface area contributed by atoms with Crippen LogP contribution in [0.1, 0.15) is 0 Å². The lowest BCUT2D eigenvalue weighted by Crippen LogP contribution is -2.06. The molecule has 0 aliphatic heterocycles. The number of benzene rings is 1. The van der Waals surface area contributed by atoms with Gasteiger partial charge in [0, 0.05) is 5.02 Å². The van der Waals surface area contributed by atoms with Gasteiger partial charge in [0.25, 0.3) is 0 Å². The predicted molar refractivity (Wildman–Crippen MR) is 36.8 cm³/mol. The van der Waals surface area contributed by atoms with E-state index in [1.807, 2.05) is 0 Å². The minimum atomic E-state index is -0.295. The first-order chi connectivity index (χ1) is 4.20. The number of rotatable bonds is 0. The van der Waals surface area contributed by atoms with Crippen LogP contribution in [-0.4, -0.2) is 10.2 Å². The van der Waals surface area contributed by atoms with E-state index in [9.17, 15) is 4.39 Å². The topological polar surface area (TPSA) is 0 Å². The van der Waals surface area contributed by atoms with Crippen molar-refractivity contribution < 1.29 is 4.39 Å². The van der Waals surface area contributed by atoms with Gasteiger partial charge in [0.05, 0.1) is 10.2 Å². The maximum absolute atomic E-state index is 12.4. The summed E-state index contributed by atoms with van der Waals surface area (Å²) in [6, 6.07) is 4.32. The SMILES string of the molecule is Fc1ccc(Cl)cc1[Si]. The summed E-state index contributed by atoms with van der Waals surface area (Å²) >= 11 is 5.52. The normalized spacial score (nSPS) is 9.67. The molecule has 9 heavy (non-hydrogen) atoms. The van der Waals surface area contributed by atoms with Gasteiger partial charge >= 0.3 is 0 Å². The molecule has 0 saturated carbocycles. The van der Waals surface area contributed by atoms with Crippen LogP contribution in [0.15, 0.2) is 18.2 Å². The zero-order valence-electron chi connectivity index (χ0n) is 4.49. The summed E-state index contributed by atoms with van der Waals surface area (Å²) in [6.45, 7) is 0. The molecule has 0 fully saturated rings. The molecule has 0 aliphatic carbocycles. The molecule has 0 unspecified atom stereocenters. The predicted octanol–water partition coefficient (Wildman–Crippen LogP) is 1.27.